The summed E-state index contributed by atoms with van der Waals surface area (Å²) >= 11 is 3.56. The van der Waals surface area contributed by atoms with E-state index in [0.717, 1.165) is 40.8 Å². The van der Waals surface area contributed by atoms with Gasteiger partial charge in [0.25, 0.3) is 0 Å². The molecule has 116 valence electrons. The van der Waals surface area contributed by atoms with Gasteiger partial charge in [0.1, 0.15) is 0 Å². The topological polar surface area (TPSA) is 38.7 Å². The van der Waals surface area contributed by atoms with Crippen molar-refractivity contribution in [1.29, 1.82) is 0 Å². The third-order valence-corrected chi connectivity index (χ3v) is 5.10. The molecule has 0 saturated heterocycles. The molecule has 0 aromatic heterocycles. The van der Waals surface area contributed by atoms with Gasteiger partial charge in [0.2, 0.25) is 0 Å². The lowest BCUT2D eigenvalue weighted by atomic mass is 9.89. The quantitative estimate of drug-likeness (QED) is 0.787. The molecule has 1 atom stereocenters. The molecule has 2 aliphatic rings. The highest BCUT2D eigenvalue weighted by molar-refractivity contribution is 9.10. The van der Waals surface area contributed by atoms with Gasteiger partial charge in [-0.05, 0) is 52.4 Å². The molecule has 1 fully saturated rings. The zero-order valence-electron chi connectivity index (χ0n) is 12.3. The number of aliphatic hydroxyl groups excluding tert-OH is 1. The lowest BCUT2D eigenvalue weighted by molar-refractivity contribution is 0.0984. The Kier molecular flexibility index (Phi) is 5.07. The lowest BCUT2D eigenvalue weighted by Gasteiger charge is -2.23. The van der Waals surface area contributed by atoms with Crippen LogP contribution in [0.1, 0.15) is 56.6 Å². The van der Waals surface area contributed by atoms with Crippen LogP contribution < -0.4 is 9.47 Å². The third kappa shape index (κ3) is 3.54. The monoisotopic (exact) mass is 354 g/mol. The molecular weight excluding hydrogens is 332 g/mol. The first kappa shape index (κ1) is 15.2. The molecule has 0 radical (unpaired) electrons. The van der Waals surface area contributed by atoms with E-state index in [-0.39, 0.29) is 0 Å². The van der Waals surface area contributed by atoms with E-state index < -0.39 is 6.10 Å². The Morgan fingerprint density at radius 3 is 2.48 bits per heavy atom. The number of hydrogen-bond acceptors (Lipinski definition) is 3. The van der Waals surface area contributed by atoms with Crippen molar-refractivity contribution in [2.45, 2.75) is 51.0 Å². The van der Waals surface area contributed by atoms with Gasteiger partial charge in [-0.2, -0.15) is 0 Å². The average molecular weight is 355 g/mol. The molecule has 0 amide bonds. The average Bonchev–Trinajstić information content (AvgIpc) is 2.89. The first-order valence-corrected chi connectivity index (χ1v) is 8.82. The molecule has 1 saturated carbocycles. The second-order valence-corrected chi connectivity index (χ2v) is 6.93. The Morgan fingerprint density at radius 2 is 1.71 bits per heavy atom. The Morgan fingerprint density at radius 1 is 1.00 bits per heavy atom. The van der Waals surface area contributed by atoms with Crippen LogP contribution in [0.4, 0.5) is 0 Å². The predicted molar refractivity (Wildman–Crippen MR) is 85.9 cm³/mol. The molecule has 0 bridgehead atoms. The van der Waals surface area contributed by atoms with E-state index in [0.29, 0.717) is 19.1 Å². The second kappa shape index (κ2) is 7.01. The highest BCUT2D eigenvalue weighted by Crippen LogP contribution is 2.42. The number of rotatable bonds is 2. The molecule has 1 N–H and O–H groups in total. The molecular formula is C17H23BrO3. The standard InChI is InChI=1S/C17H23BrO3/c18-14-10-13(11-15-17(14)21-9-5-8-20-15)16(19)12-6-3-1-2-4-7-12/h10-12,16,19H,1-9H2. The number of hydrogen-bond donors (Lipinski definition) is 1. The maximum Gasteiger partial charge on any atom is 0.175 e. The summed E-state index contributed by atoms with van der Waals surface area (Å²) in [6.07, 6.45) is 7.78. The molecule has 4 heteroatoms. The van der Waals surface area contributed by atoms with E-state index in [4.69, 9.17) is 9.47 Å². The molecule has 3 nitrogen and oxygen atoms in total. The molecule has 0 spiro atoms. The van der Waals surface area contributed by atoms with Gasteiger partial charge in [0.05, 0.1) is 23.8 Å². The van der Waals surface area contributed by atoms with E-state index in [1.165, 1.54) is 25.7 Å². The van der Waals surface area contributed by atoms with Crippen LogP contribution in [0, 0.1) is 5.92 Å². The molecule has 1 heterocycles. The van der Waals surface area contributed by atoms with Gasteiger partial charge in [0.15, 0.2) is 11.5 Å². The van der Waals surface area contributed by atoms with E-state index in [1.54, 1.807) is 0 Å². The summed E-state index contributed by atoms with van der Waals surface area (Å²) in [5.41, 5.74) is 0.943. The first-order chi connectivity index (χ1) is 10.3. The fourth-order valence-corrected chi connectivity index (χ4v) is 3.89. The summed E-state index contributed by atoms with van der Waals surface area (Å²) in [6.45, 7) is 1.35. The Bertz CT molecular complexity index is 481. The normalized spacial score (nSPS) is 21.4. The van der Waals surface area contributed by atoms with Crippen molar-refractivity contribution >= 4 is 15.9 Å². The summed E-state index contributed by atoms with van der Waals surface area (Å²) in [6, 6.07) is 3.95. The van der Waals surface area contributed by atoms with Crippen molar-refractivity contribution in [1.82, 2.24) is 0 Å². The number of fused-ring (bicyclic) bond motifs is 1. The lowest BCUT2D eigenvalue weighted by Crippen LogP contribution is -2.12. The fraction of sp³-hybridized carbons (Fsp3) is 0.647. The van der Waals surface area contributed by atoms with Crippen molar-refractivity contribution in [2.75, 3.05) is 13.2 Å². The first-order valence-electron chi connectivity index (χ1n) is 8.03. The summed E-state index contributed by atoms with van der Waals surface area (Å²) in [7, 11) is 0. The van der Waals surface area contributed by atoms with Gasteiger partial charge >= 0.3 is 0 Å². The van der Waals surface area contributed by atoms with E-state index >= 15 is 0 Å². The van der Waals surface area contributed by atoms with Gasteiger partial charge in [-0.3, -0.25) is 0 Å². The Labute approximate surface area is 134 Å². The zero-order chi connectivity index (χ0) is 14.7. The van der Waals surface area contributed by atoms with E-state index in [1.807, 2.05) is 12.1 Å². The summed E-state index contributed by atoms with van der Waals surface area (Å²) in [5, 5.41) is 10.7. The molecule has 1 aliphatic carbocycles. The number of benzene rings is 1. The Hall–Kier alpha value is -0.740. The van der Waals surface area contributed by atoms with Crippen LogP contribution in [0.2, 0.25) is 0 Å². The minimum atomic E-state index is -0.406. The van der Waals surface area contributed by atoms with Crippen LogP contribution in [-0.2, 0) is 0 Å². The van der Waals surface area contributed by atoms with Gasteiger partial charge < -0.3 is 14.6 Å². The third-order valence-electron chi connectivity index (χ3n) is 4.51. The fourth-order valence-electron chi connectivity index (χ4n) is 3.32. The van der Waals surface area contributed by atoms with Crippen molar-refractivity contribution < 1.29 is 14.6 Å². The van der Waals surface area contributed by atoms with Gasteiger partial charge in [-0.15, -0.1) is 0 Å². The highest BCUT2D eigenvalue weighted by Gasteiger charge is 2.25. The van der Waals surface area contributed by atoms with E-state index in [2.05, 4.69) is 15.9 Å². The predicted octanol–water partition coefficient (Wildman–Crippen LogP) is 4.61. The van der Waals surface area contributed by atoms with Crippen LogP contribution in [-0.4, -0.2) is 18.3 Å². The van der Waals surface area contributed by atoms with Gasteiger partial charge in [0, 0.05) is 6.42 Å². The molecule has 1 aromatic rings. The van der Waals surface area contributed by atoms with Crippen LogP contribution >= 0.6 is 15.9 Å². The zero-order valence-corrected chi connectivity index (χ0v) is 13.9. The van der Waals surface area contributed by atoms with Crippen molar-refractivity contribution in [3.05, 3.63) is 22.2 Å². The van der Waals surface area contributed by atoms with Crippen molar-refractivity contribution in [3.63, 3.8) is 0 Å². The molecule has 3 rings (SSSR count). The SMILES string of the molecule is OC(c1cc(Br)c2c(c1)OCCCO2)C1CCCCCC1. The van der Waals surface area contributed by atoms with Crippen LogP contribution in [0.15, 0.2) is 16.6 Å². The smallest absolute Gasteiger partial charge is 0.175 e. The Balaban J connectivity index is 1.84. The highest BCUT2D eigenvalue weighted by atomic mass is 79.9. The molecule has 1 aliphatic heterocycles. The maximum absolute atomic E-state index is 10.7. The van der Waals surface area contributed by atoms with Crippen LogP contribution in [0.5, 0.6) is 11.5 Å². The molecule has 1 unspecified atom stereocenters. The van der Waals surface area contributed by atoms with Crippen LogP contribution in [0.25, 0.3) is 0 Å². The largest absolute Gasteiger partial charge is 0.490 e. The molecule has 1 aromatic carbocycles. The number of ether oxygens (including phenoxy) is 2. The number of halogens is 1. The van der Waals surface area contributed by atoms with Crippen LogP contribution in [0.3, 0.4) is 0 Å². The number of aliphatic hydroxyl groups is 1. The maximum atomic E-state index is 10.7. The van der Waals surface area contributed by atoms with Crippen molar-refractivity contribution in [3.8, 4) is 11.5 Å². The summed E-state index contributed by atoms with van der Waals surface area (Å²) in [5.74, 6) is 1.89. The molecule has 21 heavy (non-hydrogen) atoms. The second-order valence-electron chi connectivity index (χ2n) is 6.08. The summed E-state index contributed by atoms with van der Waals surface area (Å²) < 4.78 is 12.4. The summed E-state index contributed by atoms with van der Waals surface area (Å²) in [4.78, 5) is 0. The minimum absolute atomic E-state index is 0.365. The minimum Gasteiger partial charge on any atom is -0.490 e. The van der Waals surface area contributed by atoms with Gasteiger partial charge in [-0.25, -0.2) is 0 Å². The van der Waals surface area contributed by atoms with Crippen molar-refractivity contribution in [2.24, 2.45) is 5.92 Å². The van der Waals surface area contributed by atoms with Gasteiger partial charge in [-0.1, -0.05) is 25.7 Å². The van der Waals surface area contributed by atoms with E-state index in [9.17, 15) is 5.11 Å².